The predicted octanol–water partition coefficient (Wildman–Crippen LogP) is 0.554. The fourth-order valence-electron chi connectivity index (χ4n) is 3.81. The van der Waals surface area contributed by atoms with Crippen LogP contribution in [0.2, 0.25) is 0 Å². The van der Waals surface area contributed by atoms with Crippen LogP contribution in [0.25, 0.3) is 0 Å². The maximum absolute atomic E-state index is 12.8. The van der Waals surface area contributed by atoms with E-state index in [9.17, 15) is 9.59 Å². The Labute approximate surface area is 142 Å². The van der Waals surface area contributed by atoms with E-state index >= 15 is 0 Å². The van der Waals surface area contributed by atoms with Gasteiger partial charge in [0.05, 0.1) is 11.9 Å². The molecule has 0 radical (unpaired) electrons. The van der Waals surface area contributed by atoms with Crippen LogP contribution in [0.15, 0.2) is 12.4 Å². The Hall–Kier alpha value is -2.02. The molecule has 24 heavy (non-hydrogen) atoms. The summed E-state index contributed by atoms with van der Waals surface area (Å²) in [5.41, 5.74) is 0.715. The SMILES string of the molecule is CCN1CCN(C)C(=O)C12CCN(C(=O)c1cnc(C)cn1)CC2. The monoisotopic (exact) mass is 331 g/mol. The second-order valence-corrected chi connectivity index (χ2v) is 6.67. The van der Waals surface area contributed by atoms with Gasteiger partial charge in [0.25, 0.3) is 5.91 Å². The molecule has 130 valence electrons. The van der Waals surface area contributed by atoms with Crippen LogP contribution >= 0.6 is 0 Å². The van der Waals surface area contributed by atoms with Crippen LogP contribution in [-0.2, 0) is 4.79 Å². The van der Waals surface area contributed by atoms with Gasteiger partial charge in [-0.1, -0.05) is 6.92 Å². The maximum atomic E-state index is 12.8. The minimum absolute atomic E-state index is 0.1000. The molecule has 0 aromatic carbocycles. The van der Waals surface area contributed by atoms with Gasteiger partial charge in [0.15, 0.2) is 0 Å². The molecule has 2 aliphatic rings. The number of hydrogen-bond acceptors (Lipinski definition) is 5. The van der Waals surface area contributed by atoms with E-state index in [4.69, 9.17) is 0 Å². The van der Waals surface area contributed by atoms with E-state index in [0.717, 1.165) is 25.3 Å². The molecule has 0 saturated carbocycles. The summed E-state index contributed by atoms with van der Waals surface area (Å²) in [7, 11) is 1.87. The molecule has 2 aliphatic heterocycles. The Morgan fingerprint density at radius 2 is 1.88 bits per heavy atom. The summed E-state index contributed by atoms with van der Waals surface area (Å²) in [6.07, 6.45) is 4.49. The number of piperazine rings is 1. The molecular formula is C17H25N5O2. The number of nitrogens with zero attached hydrogens (tertiary/aromatic N) is 5. The molecule has 3 heterocycles. The summed E-state index contributed by atoms with van der Waals surface area (Å²) in [5.74, 6) is 0.0924. The lowest BCUT2D eigenvalue weighted by molar-refractivity contribution is -0.153. The number of amides is 2. The summed E-state index contributed by atoms with van der Waals surface area (Å²) in [4.78, 5) is 39.6. The highest BCUT2D eigenvalue weighted by atomic mass is 16.2. The molecule has 0 bridgehead atoms. The molecular weight excluding hydrogens is 306 g/mol. The van der Waals surface area contributed by atoms with Crippen LogP contribution in [-0.4, -0.2) is 81.8 Å². The smallest absolute Gasteiger partial charge is 0.274 e. The topological polar surface area (TPSA) is 69.6 Å². The van der Waals surface area contributed by atoms with Crippen LogP contribution in [0.4, 0.5) is 0 Å². The first kappa shape index (κ1) is 16.8. The summed E-state index contributed by atoms with van der Waals surface area (Å²) in [6.45, 7) is 7.62. The van der Waals surface area contributed by atoms with Crippen molar-refractivity contribution in [3.63, 3.8) is 0 Å². The van der Waals surface area contributed by atoms with Gasteiger partial charge in [0.2, 0.25) is 5.91 Å². The number of hydrogen-bond donors (Lipinski definition) is 0. The van der Waals surface area contributed by atoms with Crippen molar-refractivity contribution in [2.24, 2.45) is 0 Å². The molecule has 2 saturated heterocycles. The Morgan fingerprint density at radius 3 is 2.46 bits per heavy atom. The van der Waals surface area contributed by atoms with Crippen molar-refractivity contribution in [3.05, 3.63) is 23.8 Å². The van der Waals surface area contributed by atoms with E-state index < -0.39 is 5.54 Å². The zero-order valence-electron chi connectivity index (χ0n) is 14.7. The first-order valence-corrected chi connectivity index (χ1v) is 8.56. The fraction of sp³-hybridized carbons (Fsp3) is 0.647. The lowest BCUT2D eigenvalue weighted by atomic mass is 9.82. The van der Waals surface area contributed by atoms with Crippen molar-refractivity contribution < 1.29 is 9.59 Å². The summed E-state index contributed by atoms with van der Waals surface area (Å²) in [6, 6.07) is 0. The normalized spacial score (nSPS) is 21.4. The average Bonchev–Trinajstić information content (AvgIpc) is 2.61. The second kappa shape index (κ2) is 6.47. The van der Waals surface area contributed by atoms with Gasteiger partial charge in [0, 0.05) is 39.4 Å². The summed E-state index contributed by atoms with van der Waals surface area (Å²) >= 11 is 0. The number of carbonyl (C=O) groups is 2. The third-order valence-corrected chi connectivity index (χ3v) is 5.32. The van der Waals surface area contributed by atoms with Gasteiger partial charge in [0.1, 0.15) is 11.2 Å². The van der Waals surface area contributed by atoms with Crippen molar-refractivity contribution in [3.8, 4) is 0 Å². The molecule has 1 aromatic heterocycles. The molecule has 1 spiro atoms. The Balaban J connectivity index is 1.73. The third-order valence-electron chi connectivity index (χ3n) is 5.32. The van der Waals surface area contributed by atoms with E-state index in [-0.39, 0.29) is 11.8 Å². The zero-order chi connectivity index (χ0) is 17.3. The molecule has 7 heteroatoms. The number of aromatic nitrogens is 2. The third kappa shape index (κ3) is 2.77. The Kier molecular flexibility index (Phi) is 4.54. The maximum Gasteiger partial charge on any atom is 0.274 e. The van der Waals surface area contributed by atoms with Crippen molar-refractivity contribution in [1.29, 1.82) is 0 Å². The molecule has 3 rings (SSSR count). The van der Waals surface area contributed by atoms with Crippen LogP contribution in [0.5, 0.6) is 0 Å². The van der Waals surface area contributed by atoms with Gasteiger partial charge in [-0.3, -0.25) is 19.5 Å². The summed E-state index contributed by atoms with van der Waals surface area (Å²) in [5, 5.41) is 0. The lowest BCUT2D eigenvalue weighted by Crippen LogP contribution is -2.68. The number of likely N-dealkylation sites (N-methyl/N-ethyl adjacent to an activating group) is 2. The molecule has 0 unspecified atom stereocenters. The van der Waals surface area contributed by atoms with Crippen molar-refractivity contribution in [1.82, 2.24) is 24.7 Å². The molecule has 1 aromatic rings. The van der Waals surface area contributed by atoms with Crippen LogP contribution in [0, 0.1) is 6.92 Å². The highest BCUT2D eigenvalue weighted by Crippen LogP contribution is 2.33. The van der Waals surface area contributed by atoms with Gasteiger partial charge < -0.3 is 9.80 Å². The van der Waals surface area contributed by atoms with Gasteiger partial charge in [-0.25, -0.2) is 4.98 Å². The van der Waals surface area contributed by atoms with E-state index in [2.05, 4.69) is 21.8 Å². The average molecular weight is 331 g/mol. The van der Waals surface area contributed by atoms with Gasteiger partial charge in [-0.15, -0.1) is 0 Å². The quantitative estimate of drug-likeness (QED) is 0.792. The number of aryl methyl sites for hydroxylation is 1. The second-order valence-electron chi connectivity index (χ2n) is 6.67. The first-order valence-electron chi connectivity index (χ1n) is 8.56. The predicted molar refractivity (Wildman–Crippen MR) is 89.5 cm³/mol. The minimum atomic E-state index is -0.447. The Morgan fingerprint density at radius 1 is 1.17 bits per heavy atom. The van der Waals surface area contributed by atoms with Crippen molar-refractivity contribution in [2.75, 3.05) is 39.8 Å². The molecule has 0 aliphatic carbocycles. The standard InChI is InChI=1S/C17H25N5O2/c1-4-22-10-9-20(3)16(24)17(22)5-7-21(8-6-17)15(23)14-12-18-13(2)11-19-14/h11-12H,4-10H2,1-3H3. The van der Waals surface area contributed by atoms with E-state index in [1.807, 2.05) is 18.9 Å². The largest absolute Gasteiger partial charge is 0.343 e. The van der Waals surface area contributed by atoms with Crippen LogP contribution in [0.3, 0.4) is 0 Å². The van der Waals surface area contributed by atoms with Crippen LogP contribution in [0.1, 0.15) is 35.9 Å². The van der Waals surface area contributed by atoms with E-state index in [1.54, 1.807) is 11.1 Å². The lowest BCUT2D eigenvalue weighted by Gasteiger charge is -2.52. The zero-order valence-corrected chi connectivity index (χ0v) is 14.7. The fourth-order valence-corrected chi connectivity index (χ4v) is 3.81. The number of piperidine rings is 1. The highest BCUT2D eigenvalue weighted by Gasteiger charge is 2.49. The highest BCUT2D eigenvalue weighted by molar-refractivity contribution is 5.93. The molecule has 2 amide bonds. The summed E-state index contributed by atoms with van der Waals surface area (Å²) < 4.78 is 0. The van der Waals surface area contributed by atoms with Crippen LogP contribution < -0.4 is 0 Å². The molecule has 0 N–H and O–H groups in total. The number of likely N-dealkylation sites (tertiary alicyclic amines) is 1. The molecule has 7 nitrogen and oxygen atoms in total. The first-order chi connectivity index (χ1) is 11.5. The van der Waals surface area contributed by atoms with Gasteiger partial charge in [-0.2, -0.15) is 0 Å². The van der Waals surface area contributed by atoms with Gasteiger partial charge in [-0.05, 0) is 26.3 Å². The number of carbonyl (C=O) groups excluding carboxylic acids is 2. The molecule has 0 atom stereocenters. The number of rotatable bonds is 2. The minimum Gasteiger partial charge on any atom is -0.343 e. The Bertz CT molecular complexity index is 622. The van der Waals surface area contributed by atoms with E-state index in [1.165, 1.54) is 6.20 Å². The molecule has 2 fully saturated rings. The van der Waals surface area contributed by atoms with Gasteiger partial charge >= 0.3 is 0 Å². The van der Waals surface area contributed by atoms with E-state index in [0.29, 0.717) is 31.6 Å². The van der Waals surface area contributed by atoms with Crippen molar-refractivity contribution >= 4 is 11.8 Å². The van der Waals surface area contributed by atoms with Crippen molar-refractivity contribution in [2.45, 2.75) is 32.2 Å².